The van der Waals surface area contributed by atoms with Gasteiger partial charge in [0.25, 0.3) is 5.91 Å². The zero-order chi connectivity index (χ0) is 29.7. The predicted molar refractivity (Wildman–Crippen MR) is 154 cm³/mol. The number of rotatable bonds is 8. The third-order valence-corrected chi connectivity index (χ3v) is 7.70. The van der Waals surface area contributed by atoms with Gasteiger partial charge in [-0.2, -0.15) is 5.26 Å². The molecule has 9 heteroatoms. The molecule has 1 saturated carbocycles. The van der Waals surface area contributed by atoms with Gasteiger partial charge < -0.3 is 19.5 Å². The van der Waals surface area contributed by atoms with E-state index in [4.69, 9.17) is 9.47 Å². The maximum atomic E-state index is 13.5. The molecule has 0 bridgehead atoms. The fourth-order valence-electron chi connectivity index (χ4n) is 5.62. The summed E-state index contributed by atoms with van der Waals surface area (Å²) < 4.78 is 11.4. The lowest BCUT2D eigenvalue weighted by molar-refractivity contribution is -0.140. The van der Waals surface area contributed by atoms with Crippen molar-refractivity contribution in [2.45, 2.75) is 89.9 Å². The number of nitrogens with zero attached hydrogens (tertiary/aromatic N) is 3. The molecule has 1 N–H and O–H groups in total. The first kappa shape index (κ1) is 29.9. The van der Waals surface area contributed by atoms with Crippen molar-refractivity contribution in [2.75, 3.05) is 18.5 Å². The van der Waals surface area contributed by atoms with E-state index in [9.17, 15) is 24.8 Å². The van der Waals surface area contributed by atoms with Crippen molar-refractivity contribution in [1.82, 2.24) is 4.90 Å². The van der Waals surface area contributed by atoms with E-state index in [0.29, 0.717) is 42.5 Å². The number of likely N-dealkylation sites (N-methyl/N-ethyl adjacent to an activating group) is 1. The molecule has 0 radical (unpaired) electrons. The quantitative estimate of drug-likeness (QED) is 0.433. The van der Waals surface area contributed by atoms with Crippen LogP contribution < -0.4 is 9.64 Å². The molecule has 1 unspecified atom stereocenters. The largest absolute Gasteiger partial charge is 0.489 e. The van der Waals surface area contributed by atoms with Gasteiger partial charge in [0.1, 0.15) is 24.0 Å². The summed E-state index contributed by atoms with van der Waals surface area (Å²) >= 11 is 0. The van der Waals surface area contributed by atoms with Crippen LogP contribution in [0, 0.1) is 11.3 Å². The third-order valence-electron chi connectivity index (χ3n) is 7.70. The van der Waals surface area contributed by atoms with Crippen LogP contribution in [0.3, 0.4) is 0 Å². The van der Waals surface area contributed by atoms with Crippen molar-refractivity contribution in [3.63, 3.8) is 0 Å². The van der Waals surface area contributed by atoms with Crippen LogP contribution in [-0.2, 0) is 27.4 Å². The van der Waals surface area contributed by atoms with Crippen LogP contribution in [0.25, 0.3) is 0 Å². The molecular formula is C32H39N3O6. The molecule has 2 amide bonds. The number of anilines is 1. The molecule has 218 valence electrons. The SMILES string of the molecule is CN(C(=O)OC(C)(C)C)C(CC(=O)O)C(=O)N1CCc2cc(OCc3ccc(C4CCCCC4)c(C#N)c3)ccc21. The maximum absolute atomic E-state index is 13.5. The number of ether oxygens (including phenoxy) is 2. The lowest BCUT2D eigenvalue weighted by Gasteiger charge is -2.31. The molecule has 1 fully saturated rings. The van der Waals surface area contributed by atoms with Crippen LogP contribution >= 0.6 is 0 Å². The highest BCUT2D eigenvalue weighted by Gasteiger charge is 2.37. The van der Waals surface area contributed by atoms with Crippen molar-refractivity contribution in [1.29, 1.82) is 5.26 Å². The molecule has 41 heavy (non-hydrogen) atoms. The standard InChI is InChI=1S/C32H39N3O6/c1-32(2,3)41-31(39)34(4)28(18-29(36)37)30(38)35-15-14-23-17-25(11-13-27(23)35)40-20-21-10-12-26(24(16-21)19-33)22-8-6-5-7-9-22/h10-13,16-17,22,28H,5-9,14-15,18,20H2,1-4H3,(H,36,37). The second-order valence-corrected chi connectivity index (χ2v) is 11.9. The number of carboxylic acids is 1. The molecule has 2 aliphatic rings. The van der Waals surface area contributed by atoms with Gasteiger partial charge >= 0.3 is 12.1 Å². The van der Waals surface area contributed by atoms with E-state index in [-0.39, 0.29) is 0 Å². The minimum Gasteiger partial charge on any atom is -0.489 e. The molecule has 1 aliphatic carbocycles. The van der Waals surface area contributed by atoms with Crippen LogP contribution in [0.5, 0.6) is 5.75 Å². The summed E-state index contributed by atoms with van der Waals surface area (Å²) in [7, 11) is 1.38. The van der Waals surface area contributed by atoms with E-state index in [1.165, 1.54) is 31.2 Å². The fourth-order valence-corrected chi connectivity index (χ4v) is 5.62. The van der Waals surface area contributed by atoms with Gasteiger partial charge in [-0.3, -0.25) is 14.5 Å². The Morgan fingerprint density at radius 2 is 1.85 bits per heavy atom. The normalized spacial score (nSPS) is 15.9. The van der Waals surface area contributed by atoms with E-state index in [1.807, 2.05) is 18.2 Å². The van der Waals surface area contributed by atoms with Gasteiger partial charge in [-0.25, -0.2) is 4.79 Å². The number of hydrogen-bond donors (Lipinski definition) is 1. The van der Waals surface area contributed by atoms with Gasteiger partial charge in [0.05, 0.1) is 18.1 Å². The topological polar surface area (TPSA) is 120 Å². The Labute approximate surface area is 241 Å². The predicted octanol–water partition coefficient (Wildman–Crippen LogP) is 5.78. The molecule has 4 rings (SSSR count). The van der Waals surface area contributed by atoms with Crippen molar-refractivity contribution < 1.29 is 29.0 Å². The Bertz CT molecular complexity index is 1340. The van der Waals surface area contributed by atoms with E-state index in [2.05, 4.69) is 12.1 Å². The Morgan fingerprint density at radius 1 is 1.12 bits per heavy atom. The molecule has 1 atom stereocenters. The Hall–Kier alpha value is -4.06. The number of benzene rings is 2. The highest BCUT2D eigenvalue weighted by molar-refractivity contribution is 6.01. The van der Waals surface area contributed by atoms with Crippen molar-refractivity contribution in [2.24, 2.45) is 0 Å². The van der Waals surface area contributed by atoms with Crippen LogP contribution in [-0.4, -0.2) is 53.2 Å². The molecule has 1 aliphatic heterocycles. The first-order valence-electron chi connectivity index (χ1n) is 14.2. The third kappa shape index (κ3) is 7.37. The lowest BCUT2D eigenvalue weighted by Crippen LogP contribution is -2.51. The molecular weight excluding hydrogens is 522 g/mol. The van der Waals surface area contributed by atoms with Gasteiger partial charge in [0.2, 0.25) is 0 Å². The zero-order valence-corrected chi connectivity index (χ0v) is 24.3. The summed E-state index contributed by atoms with van der Waals surface area (Å²) in [6, 6.07) is 12.6. The van der Waals surface area contributed by atoms with Crippen LogP contribution in [0.1, 0.15) is 87.5 Å². The number of amides is 2. The summed E-state index contributed by atoms with van der Waals surface area (Å²) in [5.41, 5.74) is 3.55. The molecule has 0 saturated heterocycles. The second-order valence-electron chi connectivity index (χ2n) is 11.9. The number of carbonyl (C=O) groups is 3. The zero-order valence-electron chi connectivity index (χ0n) is 24.3. The molecule has 2 aromatic carbocycles. The summed E-state index contributed by atoms with van der Waals surface area (Å²) in [6.45, 7) is 5.79. The first-order chi connectivity index (χ1) is 19.5. The summed E-state index contributed by atoms with van der Waals surface area (Å²) in [5.74, 6) is -0.570. The molecule has 2 aromatic rings. The Morgan fingerprint density at radius 3 is 2.51 bits per heavy atom. The Balaban J connectivity index is 1.44. The van der Waals surface area contributed by atoms with Gasteiger partial charge in [-0.15, -0.1) is 0 Å². The number of carboxylic acid groups (broad SMARTS) is 1. The molecule has 0 spiro atoms. The van der Waals surface area contributed by atoms with Gasteiger partial charge in [-0.1, -0.05) is 31.4 Å². The molecule has 0 aromatic heterocycles. The number of aliphatic carboxylic acids is 1. The number of hydrogen-bond acceptors (Lipinski definition) is 6. The highest BCUT2D eigenvalue weighted by atomic mass is 16.6. The number of carbonyl (C=O) groups excluding carboxylic acids is 2. The monoisotopic (exact) mass is 561 g/mol. The van der Waals surface area contributed by atoms with Gasteiger partial charge in [-0.05, 0) is 86.9 Å². The van der Waals surface area contributed by atoms with Crippen LogP contribution in [0.2, 0.25) is 0 Å². The average Bonchev–Trinajstić information content (AvgIpc) is 3.36. The average molecular weight is 562 g/mol. The minimum absolute atomic E-state index is 0.308. The maximum Gasteiger partial charge on any atom is 0.410 e. The smallest absolute Gasteiger partial charge is 0.410 e. The van der Waals surface area contributed by atoms with Crippen molar-refractivity contribution in [3.8, 4) is 11.8 Å². The minimum atomic E-state index is -1.21. The first-order valence-corrected chi connectivity index (χ1v) is 14.2. The number of nitriles is 1. The Kier molecular flexibility index (Phi) is 9.21. The van der Waals surface area contributed by atoms with Crippen molar-refractivity contribution in [3.05, 3.63) is 58.7 Å². The molecule has 1 heterocycles. The highest BCUT2D eigenvalue weighted by Crippen LogP contribution is 2.35. The lowest BCUT2D eigenvalue weighted by atomic mass is 9.82. The summed E-state index contributed by atoms with van der Waals surface area (Å²) in [5, 5.41) is 19.2. The van der Waals surface area contributed by atoms with Gasteiger partial charge in [0.15, 0.2) is 0 Å². The molecule has 9 nitrogen and oxygen atoms in total. The number of fused-ring (bicyclic) bond motifs is 1. The van der Waals surface area contributed by atoms with E-state index in [0.717, 1.165) is 34.4 Å². The second kappa shape index (κ2) is 12.6. The summed E-state index contributed by atoms with van der Waals surface area (Å²) in [6.07, 6.45) is 5.23. The van der Waals surface area contributed by atoms with Crippen LogP contribution in [0.4, 0.5) is 10.5 Å². The van der Waals surface area contributed by atoms with Gasteiger partial charge in [0, 0.05) is 19.3 Å². The van der Waals surface area contributed by atoms with Crippen LogP contribution in [0.15, 0.2) is 36.4 Å². The van der Waals surface area contributed by atoms with E-state index in [1.54, 1.807) is 32.9 Å². The van der Waals surface area contributed by atoms with E-state index < -0.39 is 36.0 Å². The van der Waals surface area contributed by atoms with Crippen molar-refractivity contribution >= 4 is 23.7 Å². The summed E-state index contributed by atoms with van der Waals surface area (Å²) in [4.78, 5) is 40.3. The van der Waals surface area contributed by atoms with E-state index >= 15 is 0 Å². The fraction of sp³-hybridized carbons (Fsp3) is 0.500.